The first-order valence-corrected chi connectivity index (χ1v) is 7.66. The lowest BCUT2D eigenvalue weighted by atomic mass is 9.79. The minimum absolute atomic E-state index is 0.106. The van der Waals surface area contributed by atoms with E-state index in [0.29, 0.717) is 26.1 Å². The minimum Gasteiger partial charge on any atom is -0.481 e. The van der Waals surface area contributed by atoms with Gasteiger partial charge in [0.1, 0.15) is 0 Å². The number of amides is 1. The van der Waals surface area contributed by atoms with Crippen LogP contribution in [0.25, 0.3) is 0 Å². The van der Waals surface area contributed by atoms with Crippen molar-refractivity contribution in [1.29, 1.82) is 0 Å². The summed E-state index contributed by atoms with van der Waals surface area (Å²) < 4.78 is 5.58. The van der Waals surface area contributed by atoms with Crippen molar-refractivity contribution in [2.45, 2.75) is 58.0 Å². The largest absolute Gasteiger partial charge is 0.481 e. The fraction of sp³-hybridized carbons (Fsp3) is 0.867. The Morgan fingerprint density at radius 3 is 2.60 bits per heavy atom. The highest BCUT2D eigenvalue weighted by Crippen LogP contribution is 2.44. The molecule has 2 fully saturated rings. The summed E-state index contributed by atoms with van der Waals surface area (Å²) in [6.45, 7) is 3.94. The quantitative estimate of drug-likeness (QED) is 0.838. The number of hydrogen-bond donors (Lipinski definition) is 1. The summed E-state index contributed by atoms with van der Waals surface area (Å²) >= 11 is 0. The molecule has 0 spiro atoms. The Bertz CT molecular complexity index is 363. The number of carbonyl (C=O) groups is 2. The molecule has 5 nitrogen and oxygen atoms in total. The second-order valence-corrected chi connectivity index (χ2v) is 6.20. The normalized spacial score (nSPS) is 25.6. The van der Waals surface area contributed by atoms with Crippen LogP contribution >= 0.6 is 0 Å². The molecule has 0 aromatic rings. The molecule has 1 aliphatic heterocycles. The van der Waals surface area contributed by atoms with E-state index >= 15 is 0 Å². The number of hydrogen-bond acceptors (Lipinski definition) is 3. The Balaban J connectivity index is 1.96. The van der Waals surface area contributed by atoms with Crippen molar-refractivity contribution in [1.82, 2.24) is 4.90 Å². The van der Waals surface area contributed by atoms with E-state index in [0.717, 1.165) is 32.1 Å². The molecule has 20 heavy (non-hydrogen) atoms. The van der Waals surface area contributed by atoms with Gasteiger partial charge in [-0.15, -0.1) is 0 Å². The van der Waals surface area contributed by atoms with Gasteiger partial charge in [0, 0.05) is 19.5 Å². The molecule has 0 aromatic heterocycles. The van der Waals surface area contributed by atoms with Gasteiger partial charge in [-0.2, -0.15) is 0 Å². The van der Waals surface area contributed by atoms with Gasteiger partial charge in [0.05, 0.1) is 19.1 Å². The molecule has 0 aromatic carbocycles. The van der Waals surface area contributed by atoms with Crippen molar-refractivity contribution in [3.8, 4) is 0 Å². The summed E-state index contributed by atoms with van der Waals surface area (Å²) in [5.74, 6) is -0.678. The zero-order valence-corrected chi connectivity index (χ0v) is 12.3. The maximum atomic E-state index is 12.5. The van der Waals surface area contributed by atoms with Crippen LogP contribution in [0.4, 0.5) is 0 Å². The minimum atomic E-state index is -0.784. The van der Waals surface area contributed by atoms with E-state index in [9.17, 15) is 9.59 Å². The van der Waals surface area contributed by atoms with Gasteiger partial charge in [-0.1, -0.05) is 19.8 Å². The van der Waals surface area contributed by atoms with E-state index in [2.05, 4.69) is 6.92 Å². The van der Waals surface area contributed by atoms with Gasteiger partial charge >= 0.3 is 5.97 Å². The maximum absolute atomic E-state index is 12.5. The molecule has 2 aliphatic rings. The molecule has 1 aliphatic carbocycles. The van der Waals surface area contributed by atoms with E-state index in [4.69, 9.17) is 9.84 Å². The average Bonchev–Trinajstić information content (AvgIpc) is 2.86. The van der Waals surface area contributed by atoms with Gasteiger partial charge in [-0.05, 0) is 24.7 Å². The first-order chi connectivity index (χ1) is 9.54. The Hall–Kier alpha value is -1.10. The number of carboxylic acids is 1. The van der Waals surface area contributed by atoms with Crippen LogP contribution in [0.15, 0.2) is 0 Å². The Kier molecular flexibility index (Phi) is 5.02. The number of rotatable bonds is 5. The van der Waals surface area contributed by atoms with E-state index in [-0.39, 0.29) is 23.8 Å². The van der Waals surface area contributed by atoms with Crippen LogP contribution < -0.4 is 0 Å². The number of ether oxygens (including phenoxy) is 1. The highest BCUT2D eigenvalue weighted by molar-refractivity contribution is 5.78. The molecule has 1 saturated heterocycles. The lowest BCUT2D eigenvalue weighted by Gasteiger charge is -2.35. The molecule has 1 heterocycles. The standard InChI is InChI=1S/C15H25NO4/c1-2-12-11-16(7-8-20-12)13(17)9-15(10-14(18)19)5-3-4-6-15/h12H,2-11H2,1H3,(H,18,19). The monoisotopic (exact) mass is 283 g/mol. The van der Waals surface area contributed by atoms with E-state index in [1.54, 1.807) is 0 Å². The predicted molar refractivity (Wildman–Crippen MR) is 74.4 cm³/mol. The van der Waals surface area contributed by atoms with Crippen molar-refractivity contribution in [2.75, 3.05) is 19.7 Å². The number of aliphatic carboxylic acids is 1. The van der Waals surface area contributed by atoms with Crippen molar-refractivity contribution >= 4 is 11.9 Å². The zero-order valence-electron chi connectivity index (χ0n) is 12.3. The van der Waals surface area contributed by atoms with Gasteiger partial charge < -0.3 is 14.7 Å². The van der Waals surface area contributed by atoms with Gasteiger partial charge in [0.2, 0.25) is 5.91 Å². The third-order valence-corrected chi connectivity index (χ3v) is 4.66. The molecule has 2 rings (SSSR count). The van der Waals surface area contributed by atoms with Crippen LogP contribution in [-0.4, -0.2) is 47.7 Å². The summed E-state index contributed by atoms with van der Waals surface area (Å²) in [7, 11) is 0. The summed E-state index contributed by atoms with van der Waals surface area (Å²) in [5.41, 5.74) is -0.303. The molecule has 0 bridgehead atoms. The summed E-state index contributed by atoms with van der Waals surface area (Å²) in [5, 5.41) is 9.10. The molecule has 1 atom stereocenters. The average molecular weight is 283 g/mol. The Morgan fingerprint density at radius 2 is 2.00 bits per heavy atom. The molecule has 1 N–H and O–H groups in total. The fourth-order valence-corrected chi connectivity index (χ4v) is 3.49. The second-order valence-electron chi connectivity index (χ2n) is 6.20. The number of morpholine rings is 1. The van der Waals surface area contributed by atoms with E-state index < -0.39 is 5.97 Å². The SMILES string of the molecule is CCC1CN(C(=O)CC2(CC(=O)O)CCCC2)CCO1. The second kappa shape index (κ2) is 6.57. The van der Waals surface area contributed by atoms with Crippen molar-refractivity contribution in [3.05, 3.63) is 0 Å². The first kappa shape index (κ1) is 15.3. The molecule has 1 amide bonds. The molecule has 1 saturated carbocycles. The zero-order chi connectivity index (χ0) is 14.6. The van der Waals surface area contributed by atoms with Crippen LogP contribution in [0.2, 0.25) is 0 Å². The lowest BCUT2D eigenvalue weighted by molar-refractivity contribution is -0.144. The summed E-state index contributed by atoms with van der Waals surface area (Å²) in [6.07, 6.45) is 5.37. The topological polar surface area (TPSA) is 66.8 Å². The molecule has 0 radical (unpaired) electrons. The number of nitrogens with zero attached hydrogens (tertiary/aromatic N) is 1. The summed E-state index contributed by atoms with van der Waals surface area (Å²) in [6, 6.07) is 0. The van der Waals surface area contributed by atoms with Crippen LogP contribution in [0.1, 0.15) is 51.9 Å². The maximum Gasteiger partial charge on any atom is 0.303 e. The van der Waals surface area contributed by atoms with E-state index in [1.807, 2.05) is 4.90 Å². The van der Waals surface area contributed by atoms with Crippen LogP contribution in [0.5, 0.6) is 0 Å². The number of carboxylic acid groups (broad SMARTS) is 1. The lowest BCUT2D eigenvalue weighted by Crippen LogP contribution is -2.46. The molecule has 114 valence electrons. The van der Waals surface area contributed by atoms with Gasteiger partial charge in [-0.25, -0.2) is 0 Å². The predicted octanol–water partition coefficient (Wildman–Crippen LogP) is 2.05. The fourth-order valence-electron chi connectivity index (χ4n) is 3.49. The van der Waals surface area contributed by atoms with Crippen molar-refractivity contribution in [3.63, 3.8) is 0 Å². The first-order valence-electron chi connectivity index (χ1n) is 7.66. The van der Waals surface area contributed by atoms with Crippen LogP contribution in [-0.2, 0) is 14.3 Å². The molecular weight excluding hydrogens is 258 g/mol. The highest BCUT2D eigenvalue weighted by Gasteiger charge is 2.39. The third kappa shape index (κ3) is 3.72. The van der Waals surface area contributed by atoms with Gasteiger partial charge in [0.25, 0.3) is 0 Å². The van der Waals surface area contributed by atoms with Crippen LogP contribution in [0.3, 0.4) is 0 Å². The van der Waals surface area contributed by atoms with Gasteiger partial charge in [0.15, 0.2) is 0 Å². The van der Waals surface area contributed by atoms with Crippen molar-refractivity contribution < 1.29 is 19.4 Å². The smallest absolute Gasteiger partial charge is 0.303 e. The third-order valence-electron chi connectivity index (χ3n) is 4.66. The highest BCUT2D eigenvalue weighted by atomic mass is 16.5. The molecular formula is C15H25NO4. The van der Waals surface area contributed by atoms with Gasteiger partial charge in [-0.3, -0.25) is 9.59 Å². The Labute approximate surface area is 120 Å². The van der Waals surface area contributed by atoms with Crippen molar-refractivity contribution in [2.24, 2.45) is 5.41 Å². The molecule has 1 unspecified atom stereocenters. The Morgan fingerprint density at radius 1 is 1.30 bits per heavy atom. The van der Waals surface area contributed by atoms with E-state index in [1.165, 1.54) is 0 Å². The molecule has 5 heteroatoms. The summed E-state index contributed by atoms with van der Waals surface area (Å²) in [4.78, 5) is 25.4. The number of carbonyl (C=O) groups excluding carboxylic acids is 1. The van der Waals surface area contributed by atoms with Crippen LogP contribution in [0, 0.1) is 5.41 Å².